The second kappa shape index (κ2) is 8.65. The molecule has 28 heavy (non-hydrogen) atoms. The number of aromatic nitrogens is 4. The van der Waals surface area contributed by atoms with Crippen molar-refractivity contribution < 1.29 is 4.79 Å². The van der Waals surface area contributed by atoms with Crippen LogP contribution in [0.2, 0.25) is 0 Å². The van der Waals surface area contributed by atoms with Gasteiger partial charge in [0.05, 0.1) is 6.54 Å². The van der Waals surface area contributed by atoms with Crippen molar-refractivity contribution in [2.24, 2.45) is 0 Å². The van der Waals surface area contributed by atoms with E-state index in [0.29, 0.717) is 18.8 Å². The van der Waals surface area contributed by atoms with Crippen LogP contribution in [0.1, 0.15) is 47.0 Å². The number of rotatable bonds is 6. The molecule has 0 saturated carbocycles. The van der Waals surface area contributed by atoms with E-state index >= 15 is 0 Å². The lowest BCUT2D eigenvalue weighted by molar-refractivity contribution is 0.0946. The number of fused-ring (bicyclic) bond motifs is 1. The Hall–Kier alpha value is -3.22. The largest absolute Gasteiger partial charge is 0.378 e. The minimum atomic E-state index is -0.191. The van der Waals surface area contributed by atoms with E-state index in [9.17, 15) is 4.79 Å². The van der Waals surface area contributed by atoms with Crippen molar-refractivity contribution in [1.29, 1.82) is 0 Å². The van der Waals surface area contributed by atoms with E-state index in [1.54, 1.807) is 12.3 Å². The number of hydrogen-bond donors (Lipinski definition) is 2. The van der Waals surface area contributed by atoms with E-state index in [-0.39, 0.29) is 5.91 Å². The summed E-state index contributed by atoms with van der Waals surface area (Å²) in [5.41, 5.74) is 2.28. The topological polar surface area (TPSA) is 84.7 Å². The van der Waals surface area contributed by atoms with Gasteiger partial charge in [-0.15, -0.1) is 10.2 Å². The van der Waals surface area contributed by atoms with E-state index in [2.05, 4.69) is 30.4 Å². The summed E-state index contributed by atoms with van der Waals surface area (Å²) in [5.74, 6) is 1.82. The second-order valence-corrected chi connectivity index (χ2v) is 6.95. The molecular formula is C21H24N6O. The Morgan fingerprint density at radius 2 is 1.93 bits per heavy atom. The highest BCUT2D eigenvalue weighted by molar-refractivity contribution is 5.93. The van der Waals surface area contributed by atoms with Gasteiger partial charge in [-0.3, -0.25) is 9.78 Å². The number of amides is 1. The highest BCUT2D eigenvalue weighted by Crippen LogP contribution is 2.16. The summed E-state index contributed by atoms with van der Waals surface area (Å²) in [6, 6.07) is 13.4. The molecule has 7 heteroatoms. The zero-order valence-electron chi connectivity index (χ0n) is 15.8. The van der Waals surface area contributed by atoms with Gasteiger partial charge in [0.1, 0.15) is 11.5 Å². The number of anilines is 1. The van der Waals surface area contributed by atoms with Gasteiger partial charge in [0.15, 0.2) is 5.82 Å². The summed E-state index contributed by atoms with van der Waals surface area (Å²) >= 11 is 0. The normalized spacial score (nSPS) is 13.4. The number of pyridine rings is 1. The van der Waals surface area contributed by atoms with Crippen LogP contribution in [0, 0.1) is 0 Å². The third kappa shape index (κ3) is 4.36. The lowest BCUT2D eigenvalue weighted by Gasteiger charge is -2.10. The van der Waals surface area contributed by atoms with Gasteiger partial charge in [0.2, 0.25) is 0 Å². The van der Waals surface area contributed by atoms with Crippen LogP contribution < -0.4 is 10.6 Å². The number of carbonyl (C=O) groups excluding carboxylic acids is 1. The van der Waals surface area contributed by atoms with Gasteiger partial charge in [-0.2, -0.15) is 0 Å². The van der Waals surface area contributed by atoms with E-state index < -0.39 is 0 Å². The molecular weight excluding hydrogens is 352 g/mol. The first-order chi connectivity index (χ1) is 13.8. The van der Waals surface area contributed by atoms with Gasteiger partial charge in [-0.05, 0) is 30.5 Å². The fourth-order valence-corrected chi connectivity index (χ4v) is 3.39. The maximum Gasteiger partial charge on any atom is 0.270 e. The average molecular weight is 376 g/mol. The van der Waals surface area contributed by atoms with Crippen molar-refractivity contribution in [3.8, 4) is 0 Å². The van der Waals surface area contributed by atoms with Crippen LogP contribution >= 0.6 is 0 Å². The Kier molecular flexibility index (Phi) is 5.61. The van der Waals surface area contributed by atoms with E-state index in [1.165, 1.54) is 19.3 Å². The average Bonchev–Trinajstić information content (AvgIpc) is 2.97. The van der Waals surface area contributed by atoms with E-state index in [1.807, 2.05) is 36.4 Å². The van der Waals surface area contributed by atoms with Crippen LogP contribution in [-0.2, 0) is 26.1 Å². The minimum Gasteiger partial charge on any atom is -0.378 e. The standard InChI is InChI=1S/C21H24N6O/c28-21(24-14-16-7-3-1-4-8-16)18-13-17(10-11-22-18)23-15-20-26-25-19-9-5-2-6-12-27(19)20/h1,3-4,7-8,10-11,13H,2,5-6,9,12,14-15H2,(H,22,23)(H,24,28). The van der Waals surface area contributed by atoms with Crippen LogP contribution in [0.3, 0.4) is 0 Å². The lowest BCUT2D eigenvalue weighted by Crippen LogP contribution is -2.23. The summed E-state index contributed by atoms with van der Waals surface area (Å²) < 4.78 is 2.22. The maximum atomic E-state index is 12.4. The van der Waals surface area contributed by atoms with Crippen molar-refractivity contribution in [2.45, 2.75) is 45.3 Å². The van der Waals surface area contributed by atoms with Crippen LogP contribution in [0.15, 0.2) is 48.7 Å². The van der Waals surface area contributed by atoms with Crippen molar-refractivity contribution in [1.82, 2.24) is 25.1 Å². The molecule has 1 aromatic carbocycles. The summed E-state index contributed by atoms with van der Waals surface area (Å²) in [6.45, 7) is 2.02. The summed E-state index contributed by atoms with van der Waals surface area (Å²) in [4.78, 5) is 16.6. The lowest BCUT2D eigenvalue weighted by atomic mass is 10.2. The molecule has 1 aliphatic heterocycles. The molecule has 3 aromatic rings. The number of hydrogen-bond acceptors (Lipinski definition) is 5. The quantitative estimate of drug-likeness (QED) is 0.691. The van der Waals surface area contributed by atoms with Gasteiger partial charge in [0, 0.05) is 31.4 Å². The molecule has 0 bridgehead atoms. The molecule has 3 heterocycles. The smallest absolute Gasteiger partial charge is 0.270 e. The SMILES string of the molecule is O=C(NCc1ccccc1)c1cc(NCc2nnc3n2CCCCC3)ccn1. The summed E-state index contributed by atoms with van der Waals surface area (Å²) in [5, 5.41) is 14.9. The first-order valence-corrected chi connectivity index (χ1v) is 9.72. The predicted octanol–water partition coefficient (Wildman–Crippen LogP) is 2.94. The molecule has 0 fully saturated rings. The Bertz CT molecular complexity index is 937. The van der Waals surface area contributed by atoms with Gasteiger partial charge in [-0.1, -0.05) is 36.8 Å². The molecule has 0 unspecified atom stereocenters. The van der Waals surface area contributed by atoms with Gasteiger partial charge < -0.3 is 15.2 Å². The van der Waals surface area contributed by atoms with Gasteiger partial charge >= 0.3 is 0 Å². The van der Waals surface area contributed by atoms with Crippen molar-refractivity contribution in [3.63, 3.8) is 0 Å². The number of carbonyl (C=O) groups is 1. The first kappa shape index (κ1) is 18.2. The molecule has 0 atom stereocenters. The fourth-order valence-electron chi connectivity index (χ4n) is 3.39. The van der Waals surface area contributed by atoms with Crippen LogP contribution in [0.5, 0.6) is 0 Å². The minimum absolute atomic E-state index is 0.191. The number of nitrogens with zero attached hydrogens (tertiary/aromatic N) is 4. The number of benzene rings is 1. The molecule has 1 aliphatic rings. The molecule has 0 spiro atoms. The van der Waals surface area contributed by atoms with Crippen LogP contribution in [-0.4, -0.2) is 25.7 Å². The van der Waals surface area contributed by atoms with E-state index in [0.717, 1.165) is 35.9 Å². The maximum absolute atomic E-state index is 12.4. The fraction of sp³-hybridized carbons (Fsp3) is 0.333. The van der Waals surface area contributed by atoms with Crippen molar-refractivity contribution in [2.75, 3.05) is 5.32 Å². The highest BCUT2D eigenvalue weighted by atomic mass is 16.1. The molecule has 0 aliphatic carbocycles. The molecule has 7 nitrogen and oxygen atoms in total. The predicted molar refractivity (Wildman–Crippen MR) is 107 cm³/mol. The third-order valence-electron chi connectivity index (χ3n) is 4.93. The first-order valence-electron chi connectivity index (χ1n) is 9.72. The molecule has 2 N–H and O–H groups in total. The number of nitrogens with one attached hydrogen (secondary N) is 2. The van der Waals surface area contributed by atoms with Gasteiger partial charge in [-0.25, -0.2) is 0 Å². The highest BCUT2D eigenvalue weighted by Gasteiger charge is 2.14. The monoisotopic (exact) mass is 376 g/mol. The molecule has 0 radical (unpaired) electrons. The molecule has 2 aromatic heterocycles. The van der Waals surface area contributed by atoms with Crippen LogP contribution in [0.25, 0.3) is 0 Å². The Morgan fingerprint density at radius 1 is 1.04 bits per heavy atom. The molecule has 144 valence electrons. The Balaban J connectivity index is 1.37. The third-order valence-corrected chi connectivity index (χ3v) is 4.93. The van der Waals surface area contributed by atoms with Crippen molar-refractivity contribution >= 4 is 11.6 Å². The molecule has 4 rings (SSSR count). The van der Waals surface area contributed by atoms with Crippen molar-refractivity contribution in [3.05, 3.63) is 71.6 Å². The van der Waals surface area contributed by atoms with E-state index in [4.69, 9.17) is 0 Å². The Labute approximate surface area is 164 Å². The van der Waals surface area contributed by atoms with Gasteiger partial charge in [0.25, 0.3) is 5.91 Å². The summed E-state index contributed by atoms with van der Waals surface area (Å²) in [6.07, 6.45) is 6.22. The Morgan fingerprint density at radius 3 is 2.82 bits per heavy atom. The summed E-state index contributed by atoms with van der Waals surface area (Å²) in [7, 11) is 0. The zero-order valence-corrected chi connectivity index (χ0v) is 15.8. The molecule has 1 amide bonds. The van der Waals surface area contributed by atoms with Crippen LogP contribution in [0.4, 0.5) is 5.69 Å². The zero-order chi connectivity index (χ0) is 19.2. The molecule has 0 saturated heterocycles. The number of aryl methyl sites for hydroxylation is 1. The second-order valence-electron chi connectivity index (χ2n) is 6.95.